The van der Waals surface area contributed by atoms with Crippen molar-refractivity contribution in [3.8, 4) is 6.07 Å². The summed E-state index contributed by atoms with van der Waals surface area (Å²) in [6.07, 6.45) is 2.56. The Kier molecular flexibility index (Phi) is 19.2. The van der Waals surface area contributed by atoms with Crippen LogP contribution in [0.5, 0.6) is 0 Å². The van der Waals surface area contributed by atoms with E-state index in [1.165, 1.54) is 19.8 Å². The van der Waals surface area contributed by atoms with Gasteiger partial charge in [0.25, 0.3) is 0 Å². The van der Waals surface area contributed by atoms with E-state index in [0.717, 1.165) is 13.2 Å². The number of ether oxygens (including phenoxy) is 1. The minimum atomic E-state index is 0.250. The average Bonchev–Trinajstić information content (AvgIpc) is 2.44. The minimum absolute atomic E-state index is 0.250. The minimum Gasteiger partial charge on any atom is -0.397 e. The largest absolute Gasteiger partial charge is 0.397 e. The molecule has 0 atom stereocenters. The van der Waals surface area contributed by atoms with Crippen LogP contribution in [0.2, 0.25) is 0 Å². The predicted octanol–water partition coefficient (Wildman–Crippen LogP) is 1.33. The Labute approximate surface area is 68.6 Å². The standard InChI is InChI=1S/C4H8O.C2H3N.C2H6O/c1-2-4-5-3-1;2*1-2-3/h1-4H2;1H3;3H,2H2,1H3. The van der Waals surface area contributed by atoms with Crippen molar-refractivity contribution >= 4 is 0 Å². The molecule has 0 aliphatic carbocycles. The van der Waals surface area contributed by atoms with E-state index < -0.39 is 0 Å². The van der Waals surface area contributed by atoms with Gasteiger partial charge in [-0.25, -0.2) is 0 Å². The predicted molar refractivity (Wildman–Crippen MR) is 44.1 cm³/mol. The van der Waals surface area contributed by atoms with Crippen LogP contribution in [-0.4, -0.2) is 24.9 Å². The Morgan fingerprint density at radius 1 is 1.45 bits per heavy atom. The SMILES string of the molecule is C1CCOC1.CC#N.CCO. The first kappa shape index (κ1) is 13.0. The van der Waals surface area contributed by atoms with Gasteiger partial charge in [0, 0.05) is 26.7 Å². The Bertz CT molecular complexity index is 77.0. The van der Waals surface area contributed by atoms with Crippen LogP contribution in [0.4, 0.5) is 0 Å². The Morgan fingerprint density at radius 3 is 1.82 bits per heavy atom. The van der Waals surface area contributed by atoms with E-state index in [1.807, 2.05) is 0 Å². The molecule has 0 spiro atoms. The summed E-state index contributed by atoms with van der Waals surface area (Å²) in [7, 11) is 0. The maximum Gasteiger partial charge on any atom is 0.0587 e. The molecule has 0 amide bonds. The molecule has 0 aromatic rings. The maximum atomic E-state index is 7.57. The topological polar surface area (TPSA) is 53.2 Å². The number of nitriles is 1. The van der Waals surface area contributed by atoms with Gasteiger partial charge >= 0.3 is 0 Å². The van der Waals surface area contributed by atoms with Crippen LogP contribution in [0, 0.1) is 11.3 Å². The number of rotatable bonds is 0. The molecule has 0 unspecified atom stereocenters. The second-order valence-electron chi connectivity index (χ2n) is 1.86. The quantitative estimate of drug-likeness (QED) is 0.580. The molecule has 0 aromatic carbocycles. The van der Waals surface area contributed by atoms with Gasteiger partial charge in [-0.05, 0) is 19.8 Å². The van der Waals surface area contributed by atoms with Gasteiger partial charge in [0.05, 0.1) is 6.07 Å². The third-order valence-electron chi connectivity index (χ3n) is 0.827. The van der Waals surface area contributed by atoms with Gasteiger partial charge in [-0.15, -0.1) is 0 Å². The molecular weight excluding hydrogens is 142 g/mol. The van der Waals surface area contributed by atoms with Crippen molar-refractivity contribution in [3.05, 3.63) is 0 Å². The van der Waals surface area contributed by atoms with Crippen molar-refractivity contribution in [2.45, 2.75) is 26.7 Å². The Balaban J connectivity index is 0. The smallest absolute Gasteiger partial charge is 0.0587 e. The highest BCUT2D eigenvalue weighted by Gasteiger charge is 1.94. The van der Waals surface area contributed by atoms with E-state index >= 15 is 0 Å². The van der Waals surface area contributed by atoms with E-state index in [9.17, 15) is 0 Å². The summed E-state index contributed by atoms with van der Waals surface area (Å²) in [5.41, 5.74) is 0. The lowest BCUT2D eigenvalue weighted by molar-refractivity contribution is 0.198. The first-order chi connectivity index (χ1) is 5.33. The highest BCUT2D eigenvalue weighted by Crippen LogP contribution is 1.98. The van der Waals surface area contributed by atoms with Gasteiger partial charge in [0.15, 0.2) is 0 Å². The summed E-state index contributed by atoms with van der Waals surface area (Å²) in [6, 6.07) is 1.75. The molecule has 0 saturated carbocycles. The van der Waals surface area contributed by atoms with E-state index in [0.29, 0.717) is 0 Å². The van der Waals surface area contributed by atoms with Crippen molar-refractivity contribution in [3.63, 3.8) is 0 Å². The van der Waals surface area contributed by atoms with Gasteiger partial charge in [-0.3, -0.25) is 0 Å². The lowest BCUT2D eigenvalue weighted by atomic mass is 10.4. The molecule has 1 aliphatic heterocycles. The van der Waals surface area contributed by atoms with Crippen LogP contribution < -0.4 is 0 Å². The van der Waals surface area contributed by atoms with E-state index in [-0.39, 0.29) is 6.61 Å². The summed E-state index contributed by atoms with van der Waals surface area (Å²) in [5, 5.41) is 14.9. The summed E-state index contributed by atoms with van der Waals surface area (Å²) >= 11 is 0. The lowest BCUT2D eigenvalue weighted by Gasteiger charge is -1.76. The summed E-state index contributed by atoms with van der Waals surface area (Å²) in [4.78, 5) is 0. The van der Waals surface area contributed by atoms with E-state index in [4.69, 9.17) is 15.1 Å². The lowest BCUT2D eigenvalue weighted by Crippen LogP contribution is -1.74. The van der Waals surface area contributed by atoms with Crippen LogP contribution in [0.15, 0.2) is 0 Å². The molecule has 3 heteroatoms. The van der Waals surface area contributed by atoms with Crippen LogP contribution in [-0.2, 0) is 4.74 Å². The molecule has 3 nitrogen and oxygen atoms in total. The average molecular weight is 159 g/mol. The van der Waals surface area contributed by atoms with Crippen LogP contribution in [0.3, 0.4) is 0 Å². The van der Waals surface area contributed by atoms with Crippen molar-refractivity contribution in [2.75, 3.05) is 19.8 Å². The highest BCUT2D eigenvalue weighted by molar-refractivity contribution is 4.51. The zero-order valence-electron chi connectivity index (χ0n) is 7.34. The van der Waals surface area contributed by atoms with E-state index in [2.05, 4.69) is 0 Å². The molecule has 0 bridgehead atoms. The number of aliphatic hydroxyl groups excluding tert-OH is 1. The zero-order valence-corrected chi connectivity index (χ0v) is 7.34. The van der Waals surface area contributed by atoms with Crippen molar-refractivity contribution in [1.29, 1.82) is 5.26 Å². The number of hydrogen-bond donors (Lipinski definition) is 1. The van der Waals surface area contributed by atoms with Gasteiger partial charge < -0.3 is 9.84 Å². The molecule has 1 heterocycles. The van der Waals surface area contributed by atoms with Gasteiger partial charge in [0.1, 0.15) is 0 Å². The zero-order chi connectivity index (χ0) is 8.95. The maximum absolute atomic E-state index is 7.57. The van der Waals surface area contributed by atoms with Crippen molar-refractivity contribution < 1.29 is 9.84 Å². The Morgan fingerprint density at radius 2 is 1.73 bits per heavy atom. The van der Waals surface area contributed by atoms with Crippen LogP contribution in [0.25, 0.3) is 0 Å². The molecule has 1 saturated heterocycles. The molecule has 0 radical (unpaired) electrons. The first-order valence-electron chi connectivity index (χ1n) is 3.82. The van der Waals surface area contributed by atoms with Crippen molar-refractivity contribution in [1.82, 2.24) is 0 Å². The monoisotopic (exact) mass is 159 g/mol. The first-order valence-corrected chi connectivity index (χ1v) is 3.82. The molecule has 1 rings (SSSR count). The van der Waals surface area contributed by atoms with Gasteiger partial charge in [-0.1, -0.05) is 0 Å². The second kappa shape index (κ2) is 16.2. The normalized spacial score (nSPS) is 13.3. The molecule has 11 heavy (non-hydrogen) atoms. The fourth-order valence-electron chi connectivity index (χ4n) is 0.510. The van der Waals surface area contributed by atoms with Crippen molar-refractivity contribution in [2.24, 2.45) is 0 Å². The summed E-state index contributed by atoms with van der Waals surface area (Å²) in [5.74, 6) is 0. The fourth-order valence-corrected chi connectivity index (χ4v) is 0.510. The third kappa shape index (κ3) is 26.6. The molecule has 66 valence electrons. The molecule has 1 aliphatic rings. The molecule has 1 fully saturated rings. The second-order valence-corrected chi connectivity index (χ2v) is 1.86. The number of aliphatic hydroxyl groups is 1. The van der Waals surface area contributed by atoms with Gasteiger partial charge in [-0.2, -0.15) is 5.26 Å². The summed E-state index contributed by atoms with van der Waals surface area (Å²) in [6.45, 7) is 5.36. The highest BCUT2D eigenvalue weighted by atomic mass is 16.5. The molecule has 0 aromatic heterocycles. The number of nitrogens with zero attached hydrogens (tertiary/aromatic N) is 1. The van der Waals surface area contributed by atoms with Gasteiger partial charge in [0.2, 0.25) is 0 Å². The summed E-state index contributed by atoms with van der Waals surface area (Å²) < 4.78 is 4.94. The Hall–Kier alpha value is -0.590. The number of hydrogen-bond acceptors (Lipinski definition) is 3. The third-order valence-corrected chi connectivity index (χ3v) is 0.827. The molecule has 1 N–H and O–H groups in total. The van der Waals surface area contributed by atoms with Crippen LogP contribution in [0.1, 0.15) is 26.7 Å². The van der Waals surface area contributed by atoms with E-state index in [1.54, 1.807) is 13.0 Å². The molecular formula is C8H17NO2. The van der Waals surface area contributed by atoms with Crippen LogP contribution >= 0.6 is 0 Å². The fraction of sp³-hybridized carbons (Fsp3) is 0.875.